The van der Waals surface area contributed by atoms with Crippen molar-refractivity contribution in [2.75, 3.05) is 39.5 Å². The van der Waals surface area contributed by atoms with E-state index >= 15 is 8.78 Å². The number of alkyl halides is 1. The number of nitrogens with zero attached hydrogens (tertiary/aromatic N) is 4. The summed E-state index contributed by atoms with van der Waals surface area (Å²) < 4.78 is 57.8. The average Bonchev–Trinajstić information content (AvgIpc) is 3.61. The Balaban J connectivity index is 1.57. The number of carbonyl (C=O) groups is 2. The summed E-state index contributed by atoms with van der Waals surface area (Å²) in [6, 6.07) is 11.9. The first-order valence-electron chi connectivity index (χ1n) is 15.6. The van der Waals surface area contributed by atoms with Gasteiger partial charge >= 0.3 is 6.09 Å². The molecule has 2 amide bonds. The number of halogens is 3. The van der Waals surface area contributed by atoms with Crippen LogP contribution in [0.3, 0.4) is 0 Å². The molecule has 9 nitrogen and oxygen atoms in total. The first kappa shape index (κ1) is 33.5. The van der Waals surface area contributed by atoms with Gasteiger partial charge in [-0.05, 0) is 63.3 Å². The van der Waals surface area contributed by atoms with Crippen molar-refractivity contribution >= 4 is 12.0 Å². The number of benzene rings is 2. The third kappa shape index (κ3) is 7.90. The predicted octanol–water partition coefficient (Wildman–Crippen LogP) is 5.37. The Morgan fingerprint density at radius 1 is 1.11 bits per heavy atom. The summed E-state index contributed by atoms with van der Waals surface area (Å²) in [5.41, 5.74) is 0.289. The Morgan fingerprint density at radius 3 is 2.50 bits per heavy atom. The number of aliphatic hydroxyl groups is 1. The summed E-state index contributed by atoms with van der Waals surface area (Å²) >= 11 is 0. The third-order valence-corrected chi connectivity index (χ3v) is 8.42. The van der Waals surface area contributed by atoms with E-state index in [0.717, 1.165) is 23.8 Å². The van der Waals surface area contributed by atoms with Crippen molar-refractivity contribution in [3.63, 3.8) is 0 Å². The molecule has 2 aliphatic heterocycles. The van der Waals surface area contributed by atoms with Gasteiger partial charge in [0.2, 0.25) is 5.91 Å². The van der Waals surface area contributed by atoms with Crippen molar-refractivity contribution < 1.29 is 37.3 Å². The molecule has 0 saturated carbocycles. The Morgan fingerprint density at radius 2 is 1.83 bits per heavy atom. The minimum atomic E-state index is -1.45. The van der Waals surface area contributed by atoms with E-state index in [1.807, 2.05) is 30.3 Å². The molecule has 1 N–H and O–H groups in total. The number of amides is 2. The fraction of sp³-hybridized carbons (Fsp3) is 0.500. The van der Waals surface area contributed by atoms with E-state index in [9.17, 15) is 19.1 Å². The summed E-state index contributed by atoms with van der Waals surface area (Å²) in [4.78, 5) is 33.9. The van der Waals surface area contributed by atoms with Crippen LogP contribution >= 0.6 is 0 Å². The van der Waals surface area contributed by atoms with Crippen LogP contribution < -0.4 is 0 Å². The minimum Gasteiger partial charge on any atom is -0.444 e. The first-order valence-corrected chi connectivity index (χ1v) is 15.6. The second-order valence-electron chi connectivity index (χ2n) is 13.0. The third-order valence-electron chi connectivity index (χ3n) is 8.42. The van der Waals surface area contributed by atoms with Gasteiger partial charge in [-0.15, -0.1) is 0 Å². The molecular formula is C34H41F3N4O5. The van der Waals surface area contributed by atoms with Gasteiger partial charge in [0.05, 0.1) is 18.3 Å². The molecule has 2 saturated heterocycles. The van der Waals surface area contributed by atoms with Crippen LogP contribution in [0.15, 0.2) is 54.7 Å². The average molecular weight is 643 g/mol. The number of rotatable bonds is 9. The summed E-state index contributed by atoms with van der Waals surface area (Å²) in [6.45, 7) is 5.24. The van der Waals surface area contributed by atoms with Crippen LogP contribution in [0.5, 0.6) is 0 Å². The van der Waals surface area contributed by atoms with Crippen molar-refractivity contribution in [3.8, 4) is 11.3 Å². The Bertz CT molecular complexity index is 1510. The van der Waals surface area contributed by atoms with Crippen LogP contribution in [-0.2, 0) is 20.8 Å². The lowest BCUT2D eigenvalue weighted by Crippen LogP contribution is -2.46. The maximum Gasteiger partial charge on any atom is 0.410 e. The number of likely N-dealkylation sites (tertiary alicyclic amines) is 1. The van der Waals surface area contributed by atoms with Gasteiger partial charge in [0.1, 0.15) is 35.8 Å². The van der Waals surface area contributed by atoms with Crippen molar-refractivity contribution in [2.24, 2.45) is 11.8 Å². The summed E-state index contributed by atoms with van der Waals surface area (Å²) in [7, 11) is 0. The normalized spacial score (nSPS) is 19.7. The zero-order valence-corrected chi connectivity index (χ0v) is 26.4. The number of aromatic nitrogens is 2. The van der Waals surface area contributed by atoms with E-state index < -0.39 is 54.0 Å². The fourth-order valence-corrected chi connectivity index (χ4v) is 6.23. The fourth-order valence-electron chi connectivity index (χ4n) is 6.23. The van der Waals surface area contributed by atoms with E-state index in [4.69, 9.17) is 14.5 Å². The molecular weight excluding hydrogens is 601 g/mol. The Kier molecular flexibility index (Phi) is 10.4. The maximum absolute atomic E-state index is 15.6. The predicted molar refractivity (Wildman–Crippen MR) is 164 cm³/mol. The number of aliphatic hydroxyl groups excluding tert-OH is 1. The SMILES string of the molecule is CC(C)(C)OC(=O)N1CC(F)C(CN(C(=O)CO)C(c2nc(-c3cc(F)ccc3F)cn2Cc2ccccc2)C2CCOCC2)C1. The van der Waals surface area contributed by atoms with Gasteiger partial charge in [-0.3, -0.25) is 4.79 Å². The second-order valence-corrected chi connectivity index (χ2v) is 13.0. The Labute approximate surface area is 266 Å². The van der Waals surface area contributed by atoms with Crippen molar-refractivity contribution in [1.29, 1.82) is 0 Å². The number of hydrogen-bond donors (Lipinski definition) is 1. The highest BCUT2D eigenvalue weighted by molar-refractivity contribution is 5.78. The first-order chi connectivity index (χ1) is 21.9. The van der Waals surface area contributed by atoms with Crippen molar-refractivity contribution in [1.82, 2.24) is 19.4 Å². The van der Waals surface area contributed by atoms with Gasteiger partial charge in [0.15, 0.2) is 0 Å². The van der Waals surface area contributed by atoms with Crippen molar-refractivity contribution in [3.05, 3.63) is 77.8 Å². The molecule has 5 rings (SSSR count). The molecule has 46 heavy (non-hydrogen) atoms. The van der Waals surface area contributed by atoms with Gasteiger partial charge in [-0.25, -0.2) is 22.9 Å². The van der Waals surface area contributed by atoms with E-state index in [0.29, 0.717) is 38.4 Å². The quantitative estimate of drug-likeness (QED) is 0.337. The molecule has 0 aliphatic carbocycles. The molecule has 248 valence electrons. The van der Waals surface area contributed by atoms with E-state index in [1.165, 1.54) is 9.80 Å². The molecule has 2 aromatic carbocycles. The van der Waals surface area contributed by atoms with Crippen LogP contribution in [0.25, 0.3) is 11.3 Å². The topological polar surface area (TPSA) is 97.1 Å². The van der Waals surface area contributed by atoms with E-state index in [1.54, 1.807) is 31.5 Å². The largest absolute Gasteiger partial charge is 0.444 e. The molecule has 3 atom stereocenters. The molecule has 2 aliphatic rings. The number of carbonyl (C=O) groups excluding carboxylic acids is 2. The monoisotopic (exact) mass is 642 g/mol. The van der Waals surface area contributed by atoms with Gasteiger partial charge in [-0.1, -0.05) is 30.3 Å². The van der Waals surface area contributed by atoms with E-state index in [2.05, 4.69) is 0 Å². The standard InChI is InChI=1S/C34H41F3N4O5/c1-34(2,3)46-33(44)40-17-24(28(37)19-40)18-41(30(43)21-42)31(23-11-13-45-14-12-23)32-38-29(26-15-25(35)9-10-27(26)36)20-39(32)16-22-7-5-4-6-8-22/h4-10,15,20,23-24,28,31,42H,11-14,16-19,21H2,1-3H3. The zero-order valence-electron chi connectivity index (χ0n) is 26.4. The van der Waals surface area contributed by atoms with Crippen molar-refractivity contribution in [2.45, 2.75) is 58.0 Å². The van der Waals surface area contributed by atoms with Crippen LogP contribution in [0.1, 0.15) is 51.0 Å². The highest BCUT2D eigenvalue weighted by Crippen LogP contribution is 2.38. The lowest BCUT2D eigenvalue weighted by Gasteiger charge is -2.39. The summed E-state index contributed by atoms with van der Waals surface area (Å²) in [5, 5.41) is 10.1. The summed E-state index contributed by atoms with van der Waals surface area (Å²) in [5.74, 6) is -2.48. The number of imidazole rings is 1. The zero-order chi connectivity index (χ0) is 33.0. The molecule has 2 fully saturated rings. The number of ether oxygens (including phenoxy) is 2. The van der Waals surface area contributed by atoms with Crippen LogP contribution in [0, 0.1) is 23.5 Å². The molecule has 3 aromatic rings. The maximum atomic E-state index is 15.6. The van der Waals surface area contributed by atoms with Crippen LogP contribution in [0.4, 0.5) is 18.0 Å². The number of hydrogen-bond acceptors (Lipinski definition) is 6. The highest BCUT2D eigenvalue weighted by Gasteiger charge is 2.43. The lowest BCUT2D eigenvalue weighted by molar-refractivity contribution is -0.140. The van der Waals surface area contributed by atoms with Gasteiger partial charge in [0.25, 0.3) is 0 Å². The van der Waals surface area contributed by atoms with Crippen LogP contribution in [-0.4, -0.2) is 87.7 Å². The smallest absolute Gasteiger partial charge is 0.410 e. The molecule has 12 heteroatoms. The molecule has 1 aromatic heterocycles. The summed E-state index contributed by atoms with van der Waals surface area (Å²) in [6.07, 6.45) is 0.647. The van der Waals surface area contributed by atoms with Gasteiger partial charge in [0, 0.05) is 50.5 Å². The molecule has 3 heterocycles. The molecule has 3 unspecified atom stereocenters. The van der Waals surface area contributed by atoms with Gasteiger partial charge < -0.3 is 28.9 Å². The molecule has 0 radical (unpaired) electrons. The second kappa shape index (κ2) is 14.3. The molecule has 0 spiro atoms. The highest BCUT2D eigenvalue weighted by atomic mass is 19.1. The van der Waals surface area contributed by atoms with Gasteiger partial charge in [-0.2, -0.15) is 0 Å². The Hall–Kier alpha value is -3.90. The molecule has 0 bridgehead atoms. The minimum absolute atomic E-state index is 0.0179. The lowest BCUT2D eigenvalue weighted by atomic mass is 9.88. The van der Waals surface area contributed by atoms with Crippen LogP contribution in [0.2, 0.25) is 0 Å². The van der Waals surface area contributed by atoms with E-state index in [-0.39, 0.29) is 36.8 Å².